The Balaban J connectivity index is 0.000000370. The number of carbonyl (C=O) groups is 3. The average Bonchev–Trinajstić information content (AvgIpc) is 3.07. The molecule has 0 aromatic carbocycles. The Hall–Kier alpha value is -2.95. The van der Waals surface area contributed by atoms with Crippen molar-refractivity contribution in [3.8, 4) is 11.3 Å². The van der Waals surface area contributed by atoms with E-state index in [1.165, 1.54) is 11.3 Å². The molecule has 3 heterocycles. The minimum Gasteiger partial charge on any atom is -0.478 e. The molecule has 29 heavy (non-hydrogen) atoms. The monoisotopic (exact) mass is 430 g/mol. The van der Waals surface area contributed by atoms with Crippen LogP contribution in [0.2, 0.25) is 0 Å². The Morgan fingerprint density at radius 2 is 1.79 bits per heavy atom. The van der Waals surface area contributed by atoms with Crippen LogP contribution in [-0.2, 0) is 22.4 Å². The summed E-state index contributed by atoms with van der Waals surface area (Å²) in [6.45, 7) is 2.80. The summed E-state index contributed by atoms with van der Waals surface area (Å²) in [5.41, 5.74) is 3.41. The number of nitrogens with zero attached hydrogens (tertiary/aromatic N) is 2. The van der Waals surface area contributed by atoms with Crippen LogP contribution in [0.4, 0.5) is 13.2 Å². The first-order valence-corrected chi connectivity index (χ1v) is 9.29. The Bertz CT molecular complexity index is 913. The van der Waals surface area contributed by atoms with E-state index in [1.54, 1.807) is 17.9 Å². The van der Waals surface area contributed by atoms with Gasteiger partial charge in [0.2, 0.25) is 5.91 Å². The standard InChI is InChI=1S/C16H16N2O3S.C2HF3O2/c1-10(19)18-5-2-11-8-13(16(20)21)15(12-4-7-22-9-12)17-14(11)3-6-18;3-2(4,5)1(6)7/h4,7-9H,2-3,5-6H2,1H3,(H,20,21);(H,6,7). The molecular weight excluding hydrogens is 413 g/mol. The molecule has 0 bridgehead atoms. The summed E-state index contributed by atoms with van der Waals surface area (Å²) in [6, 6.07) is 3.60. The number of carboxylic acid groups (broad SMARTS) is 2. The van der Waals surface area contributed by atoms with Crippen molar-refractivity contribution in [3.05, 3.63) is 39.7 Å². The molecule has 0 spiro atoms. The van der Waals surface area contributed by atoms with Gasteiger partial charge in [-0.2, -0.15) is 24.5 Å². The largest absolute Gasteiger partial charge is 0.490 e. The van der Waals surface area contributed by atoms with E-state index in [4.69, 9.17) is 9.90 Å². The number of halogens is 3. The molecule has 1 amide bonds. The van der Waals surface area contributed by atoms with Gasteiger partial charge in [0.15, 0.2) is 0 Å². The first kappa shape index (κ1) is 22.3. The Morgan fingerprint density at radius 1 is 1.17 bits per heavy atom. The number of aromatic nitrogens is 1. The molecule has 0 saturated heterocycles. The van der Waals surface area contributed by atoms with Crippen LogP contribution < -0.4 is 0 Å². The van der Waals surface area contributed by atoms with Crippen LogP contribution in [0.5, 0.6) is 0 Å². The summed E-state index contributed by atoms with van der Waals surface area (Å²) >= 11 is 1.51. The Morgan fingerprint density at radius 3 is 2.28 bits per heavy atom. The van der Waals surface area contributed by atoms with Crippen LogP contribution in [-0.4, -0.2) is 57.2 Å². The van der Waals surface area contributed by atoms with Gasteiger partial charge in [0.1, 0.15) is 0 Å². The first-order valence-electron chi connectivity index (χ1n) is 8.35. The Labute approximate surface area is 167 Å². The number of amides is 1. The van der Waals surface area contributed by atoms with Crippen molar-refractivity contribution >= 4 is 29.2 Å². The quantitative estimate of drug-likeness (QED) is 0.758. The molecule has 0 radical (unpaired) electrons. The second-order valence-corrected chi connectivity index (χ2v) is 6.90. The molecule has 0 aliphatic carbocycles. The number of thiophene rings is 1. The van der Waals surface area contributed by atoms with Gasteiger partial charge in [-0.3, -0.25) is 9.78 Å². The average molecular weight is 430 g/mol. The molecule has 11 heteroatoms. The summed E-state index contributed by atoms with van der Waals surface area (Å²) in [6.07, 6.45) is -3.78. The minimum absolute atomic E-state index is 0.0457. The van der Waals surface area contributed by atoms with Crippen molar-refractivity contribution in [1.82, 2.24) is 9.88 Å². The molecule has 1 aliphatic heterocycles. The summed E-state index contributed by atoms with van der Waals surface area (Å²) in [4.78, 5) is 38.4. The third-order valence-electron chi connectivity index (χ3n) is 4.17. The fraction of sp³-hybridized carbons (Fsp3) is 0.333. The SMILES string of the molecule is CC(=O)N1CCc2cc(C(=O)O)c(-c3ccsc3)nc2CC1.O=C(O)C(F)(F)F. The van der Waals surface area contributed by atoms with Gasteiger partial charge in [-0.1, -0.05) is 0 Å². The van der Waals surface area contributed by atoms with Gasteiger partial charge in [-0.05, 0) is 29.5 Å². The van der Waals surface area contributed by atoms with E-state index >= 15 is 0 Å². The maximum absolute atomic E-state index is 11.6. The highest BCUT2D eigenvalue weighted by molar-refractivity contribution is 7.08. The molecule has 2 aromatic rings. The van der Waals surface area contributed by atoms with Gasteiger partial charge in [0, 0.05) is 43.1 Å². The summed E-state index contributed by atoms with van der Waals surface area (Å²) in [5.74, 6) is -3.68. The van der Waals surface area contributed by atoms with Crippen LogP contribution in [0.1, 0.15) is 28.5 Å². The van der Waals surface area contributed by atoms with Gasteiger partial charge in [-0.25, -0.2) is 9.59 Å². The van der Waals surface area contributed by atoms with Crippen LogP contribution in [0.15, 0.2) is 22.9 Å². The van der Waals surface area contributed by atoms with Crippen molar-refractivity contribution in [2.45, 2.75) is 25.9 Å². The molecule has 0 fully saturated rings. The zero-order valence-electron chi connectivity index (χ0n) is 15.2. The maximum atomic E-state index is 11.6. The molecule has 7 nitrogen and oxygen atoms in total. The minimum atomic E-state index is -5.08. The number of fused-ring (bicyclic) bond motifs is 1. The maximum Gasteiger partial charge on any atom is 0.490 e. The van der Waals surface area contributed by atoms with Crippen LogP contribution >= 0.6 is 11.3 Å². The van der Waals surface area contributed by atoms with E-state index < -0.39 is 18.1 Å². The lowest BCUT2D eigenvalue weighted by atomic mass is 10.0. The summed E-state index contributed by atoms with van der Waals surface area (Å²) in [7, 11) is 0. The third kappa shape index (κ3) is 5.76. The lowest BCUT2D eigenvalue weighted by molar-refractivity contribution is -0.192. The van der Waals surface area contributed by atoms with E-state index in [0.29, 0.717) is 31.6 Å². The predicted molar refractivity (Wildman–Crippen MR) is 97.9 cm³/mol. The highest BCUT2D eigenvalue weighted by Gasteiger charge is 2.38. The van der Waals surface area contributed by atoms with Crippen molar-refractivity contribution in [2.75, 3.05) is 13.1 Å². The lowest BCUT2D eigenvalue weighted by Crippen LogP contribution is -2.30. The van der Waals surface area contributed by atoms with Crippen LogP contribution in [0.25, 0.3) is 11.3 Å². The first-order chi connectivity index (χ1) is 13.5. The Kier molecular flexibility index (Phi) is 6.96. The molecule has 0 saturated carbocycles. The number of aromatic carboxylic acids is 1. The van der Waals surface area contributed by atoms with Gasteiger partial charge in [-0.15, -0.1) is 0 Å². The molecular formula is C18H17F3N2O5S. The highest BCUT2D eigenvalue weighted by Crippen LogP contribution is 2.27. The number of rotatable bonds is 2. The fourth-order valence-corrected chi connectivity index (χ4v) is 3.37. The second kappa shape index (κ2) is 9.03. The van der Waals surface area contributed by atoms with E-state index in [9.17, 15) is 27.9 Å². The van der Waals surface area contributed by atoms with E-state index in [2.05, 4.69) is 4.98 Å². The summed E-state index contributed by atoms with van der Waals surface area (Å²) < 4.78 is 31.7. The molecule has 1 aliphatic rings. The summed E-state index contributed by atoms with van der Waals surface area (Å²) in [5, 5.41) is 20.4. The second-order valence-electron chi connectivity index (χ2n) is 6.12. The molecule has 0 unspecified atom stereocenters. The fourth-order valence-electron chi connectivity index (χ4n) is 2.73. The predicted octanol–water partition coefficient (Wildman–Crippen LogP) is 3.09. The van der Waals surface area contributed by atoms with E-state index in [1.807, 2.05) is 16.8 Å². The van der Waals surface area contributed by atoms with Crippen LogP contribution in [0.3, 0.4) is 0 Å². The normalized spacial score (nSPS) is 13.6. The van der Waals surface area contributed by atoms with Crippen molar-refractivity contribution in [3.63, 3.8) is 0 Å². The number of alkyl halides is 3. The number of hydrogen-bond donors (Lipinski definition) is 2. The molecule has 156 valence electrons. The number of carbonyl (C=O) groups excluding carboxylic acids is 1. The van der Waals surface area contributed by atoms with Gasteiger partial charge < -0.3 is 15.1 Å². The lowest BCUT2D eigenvalue weighted by Gasteiger charge is -2.17. The third-order valence-corrected chi connectivity index (χ3v) is 4.86. The zero-order chi connectivity index (χ0) is 21.8. The van der Waals surface area contributed by atoms with Crippen molar-refractivity contribution in [2.24, 2.45) is 0 Å². The van der Waals surface area contributed by atoms with Gasteiger partial charge in [0.05, 0.1) is 11.3 Å². The van der Waals surface area contributed by atoms with Crippen molar-refractivity contribution < 1.29 is 37.8 Å². The van der Waals surface area contributed by atoms with Crippen molar-refractivity contribution in [1.29, 1.82) is 0 Å². The molecule has 3 rings (SSSR count). The zero-order valence-corrected chi connectivity index (χ0v) is 16.0. The highest BCUT2D eigenvalue weighted by atomic mass is 32.1. The molecule has 2 N–H and O–H groups in total. The van der Waals surface area contributed by atoms with E-state index in [-0.39, 0.29) is 11.5 Å². The number of aliphatic carboxylic acids is 1. The van der Waals surface area contributed by atoms with Crippen LogP contribution in [0, 0.1) is 0 Å². The number of pyridine rings is 1. The topological polar surface area (TPSA) is 108 Å². The number of hydrogen-bond acceptors (Lipinski definition) is 5. The van der Waals surface area contributed by atoms with Gasteiger partial charge in [0.25, 0.3) is 0 Å². The molecule has 0 atom stereocenters. The van der Waals surface area contributed by atoms with E-state index in [0.717, 1.165) is 16.8 Å². The molecule has 2 aromatic heterocycles. The smallest absolute Gasteiger partial charge is 0.478 e. The number of carboxylic acids is 2. The van der Waals surface area contributed by atoms with Gasteiger partial charge >= 0.3 is 18.1 Å².